The molecule has 1 saturated heterocycles. The molecule has 3 nitrogen and oxygen atoms in total. The van der Waals surface area contributed by atoms with Gasteiger partial charge in [-0.2, -0.15) is 0 Å². The number of fused-ring (bicyclic) bond motifs is 1. The van der Waals surface area contributed by atoms with E-state index < -0.39 is 0 Å². The van der Waals surface area contributed by atoms with Crippen LogP contribution in [0.4, 0.5) is 0 Å². The highest BCUT2D eigenvalue weighted by Gasteiger charge is 2.40. The van der Waals surface area contributed by atoms with Crippen molar-refractivity contribution >= 4 is 5.71 Å². The molecule has 2 aliphatic heterocycles. The van der Waals surface area contributed by atoms with E-state index in [9.17, 15) is 0 Å². The molecule has 2 rings (SSSR count). The van der Waals surface area contributed by atoms with Gasteiger partial charge in [0.1, 0.15) is 6.10 Å². The van der Waals surface area contributed by atoms with Gasteiger partial charge in [-0.3, -0.25) is 4.90 Å². The Kier molecular flexibility index (Phi) is 1.83. The summed E-state index contributed by atoms with van der Waals surface area (Å²) in [5, 5.41) is 4.00. The average molecular weight is 168 g/mol. The molecule has 12 heavy (non-hydrogen) atoms. The smallest absolute Gasteiger partial charge is 0.149 e. The summed E-state index contributed by atoms with van der Waals surface area (Å²) in [6.07, 6.45) is 0.340. The lowest BCUT2D eigenvalue weighted by molar-refractivity contribution is 0.0721. The zero-order valence-corrected chi connectivity index (χ0v) is 7.95. The van der Waals surface area contributed by atoms with Crippen LogP contribution < -0.4 is 0 Å². The van der Waals surface area contributed by atoms with Crippen molar-refractivity contribution in [3.05, 3.63) is 0 Å². The van der Waals surface area contributed by atoms with Gasteiger partial charge in [-0.15, -0.1) is 0 Å². The van der Waals surface area contributed by atoms with Crippen LogP contribution in [0.3, 0.4) is 0 Å². The Labute approximate surface area is 73.4 Å². The van der Waals surface area contributed by atoms with Crippen LogP contribution in [0.15, 0.2) is 5.16 Å². The Morgan fingerprint density at radius 3 is 2.83 bits per heavy atom. The van der Waals surface area contributed by atoms with Crippen LogP contribution in [-0.2, 0) is 4.84 Å². The van der Waals surface area contributed by atoms with Crippen molar-refractivity contribution in [3.8, 4) is 0 Å². The average Bonchev–Trinajstić information content (AvgIpc) is 2.53. The van der Waals surface area contributed by atoms with Gasteiger partial charge in [0, 0.05) is 19.1 Å². The first-order chi connectivity index (χ1) is 5.68. The highest BCUT2D eigenvalue weighted by molar-refractivity contribution is 5.86. The lowest BCUT2D eigenvalue weighted by Gasteiger charge is -2.19. The van der Waals surface area contributed by atoms with E-state index in [2.05, 4.69) is 30.8 Å². The van der Waals surface area contributed by atoms with Crippen LogP contribution in [0, 0.1) is 5.92 Å². The summed E-state index contributed by atoms with van der Waals surface area (Å²) >= 11 is 0. The molecule has 0 saturated carbocycles. The molecular formula is C9H16N2O. The Balaban J connectivity index is 2.03. The second kappa shape index (κ2) is 2.73. The van der Waals surface area contributed by atoms with Crippen molar-refractivity contribution in [2.75, 3.05) is 13.1 Å². The predicted octanol–water partition coefficient (Wildman–Crippen LogP) is 1.10. The molecular weight excluding hydrogens is 152 g/mol. The summed E-state index contributed by atoms with van der Waals surface area (Å²) in [6, 6.07) is 0.631. The van der Waals surface area contributed by atoms with Crippen LogP contribution in [-0.4, -0.2) is 35.8 Å². The molecule has 0 spiro atoms. The Hall–Kier alpha value is -0.570. The van der Waals surface area contributed by atoms with Gasteiger partial charge in [0.15, 0.2) is 0 Å². The van der Waals surface area contributed by atoms with Gasteiger partial charge in [-0.25, -0.2) is 0 Å². The van der Waals surface area contributed by atoms with Crippen LogP contribution in [0.2, 0.25) is 0 Å². The minimum absolute atomic E-state index is 0.340. The fourth-order valence-corrected chi connectivity index (χ4v) is 1.95. The van der Waals surface area contributed by atoms with Crippen LogP contribution in [0.5, 0.6) is 0 Å². The number of oxime groups is 1. The molecule has 2 atom stereocenters. The minimum Gasteiger partial charge on any atom is -0.390 e. The van der Waals surface area contributed by atoms with E-state index in [1.54, 1.807) is 0 Å². The molecule has 0 aliphatic carbocycles. The maximum Gasteiger partial charge on any atom is 0.149 e. The van der Waals surface area contributed by atoms with Crippen molar-refractivity contribution in [1.29, 1.82) is 0 Å². The zero-order chi connectivity index (χ0) is 8.72. The molecule has 0 amide bonds. The lowest BCUT2D eigenvalue weighted by Crippen LogP contribution is -2.29. The highest BCUT2D eigenvalue weighted by Crippen LogP contribution is 2.27. The van der Waals surface area contributed by atoms with Gasteiger partial charge < -0.3 is 4.84 Å². The van der Waals surface area contributed by atoms with Crippen molar-refractivity contribution in [2.45, 2.75) is 32.9 Å². The third-order valence-electron chi connectivity index (χ3n) is 2.89. The number of hydrogen-bond donors (Lipinski definition) is 0. The Morgan fingerprint density at radius 1 is 1.50 bits per heavy atom. The molecule has 2 aliphatic rings. The third-order valence-corrected chi connectivity index (χ3v) is 2.89. The topological polar surface area (TPSA) is 24.8 Å². The molecule has 3 heteroatoms. The van der Waals surface area contributed by atoms with E-state index in [1.807, 2.05) is 0 Å². The summed E-state index contributed by atoms with van der Waals surface area (Å²) in [7, 11) is 0. The van der Waals surface area contributed by atoms with Crippen LogP contribution in [0.1, 0.15) is 20.8 Å². The summed E-state index contributed by atoms with van der Waals surface area (Å²) in [5.41, 5.74) is 1.17. The van der Waals surface area contributed by atoms with E-state index in [0.29, 0.717) is 18.1 Å². The summed E-state index contributed by atoms with van der Waals surface area (Å²) < 4.78 is 0. The summed E-state index contributed by atoms with van der Waals surface area (Å²) in [4.78, 5) is 7.77. The molecule has 0 aromatic heterocycles. The largest absolute Gasteiger partial charge is 0.390 e. The Morgan fingerprint density at radius 2 is 2.25 bits per heavy atom. The van der Waals surface area contributed by atoms with Gasteiger partial charge in [-0.05, 0) is 20.8 Å². The summed E-state index contributed by atoms with van der Waals surface area (Å²) in [5.74, 6) is 0.562. The second-order valence-electron chi connectivity index (χ2n) is 4.03. The normalized spacial score (nSPS) is 35.2. The van der Waals surface area contributed by atoms with Crippen molar-refractivity contribution in [1.82, 2.24) is 4.90 Å². The molecule has 0 aromatic carbocycles. The summed E-state index contributed by atoms with van der Waals surface area (Å²) in [6.45, 7) is 8.69. The van der Waals surface area contributed by atoms with Crippen molar-refractivity contribution < 1.29 is 4.84 Å². The first kappa shape index (κ1) is 8.05. The van der Waals surface area contributed by atoms with Gasteiger partial charge in [0.2, 0.25) is 0 Å². The van der Waals surface area contributed by atoms with E-state index in [0.717, 1.165) is 13.1 Å². The van der Waals surface area contributed by atoms with E-state index in [1.165, 1.54) is 5.71 Å². The third kappa shape index (κ3) is 1.12. The van der Waals surface area contributed by atoms with Gasteiger partial charge in [0.05, 0.1) is 11.6 Å². The number of rotatable bonds is 1. The SMILES string of the molecule is CC1=NO[C@H]2CN(C(C)C)C[C@@H]12. The quantitative estimate of drug-likeness (QED) is 0.585. The number of likely N-dealkylation sites (tertiary alicyclic amines) is 1. The molecule has 0 bridgehead atoms. The highest BCUT2D eigenvalue weighted by atomic mass is 16.6. The van der Waals surface area contributed by atoms with Gasteiger partial charge in [0.25, 0.3) is 0 Å². The van der Waals surface area contributed by atoms with Gasteiger partial charge in [-0.1, -0.05) is 5.16 Å². The maximum atomic E-state index is 5.32. The van der Waals surface area contributed by atoms with E-state index in [4.69, 9.17) is 4.84 Å². The monoisotopic (exact) mass is 168 g/mol. The number of nitrogens with zero attached hydrogens (tertiary/aromatic N) is 2. The lowest BCUT2D eigenvalue weighted by atomic mass is 10.0. The predicted molar refractivity (Wildman–Crippen MR) is 48.2 cm³/mol. The fraction of sp³-hybridized carbons (Fsp3) is 0.889. The standard InChI is InChI=1S/C9H16N2O/c1-6(2)11-4-8-7(3)10-12-9(8)5-11/h6,8-9H,4-5H2,1-3H3/t8-,9-/m0/s1. The van der Waals surface area contributed by atoms with Crippen LogP contribution in [0.25, 0.3) is 0 Å². The molecule has 0 radical (unpaired) electrons. The van der Waals surface area contributed by atoms with Crippen molar-refractivity contribution in [2.24, 2.45) is 11.1 Å². The van der Waals surface area contributed by atoms with Gasteiger partial charge >= 0.3 is 0 Å². The van der Waals surface area contributed by atoms with E-state index >= 15 is 0 Å². The molecule has 2 heterocycles. The van der Waals surface area contributed by atoms with Crippen LogP contribution >= 0.6 is 0 Å². The maximum absolute atomic E-state index is 5.32. The van der Waals surface area contributed by atoms with E-state index in [-0.39, 0.29) is 0 Å². The molecule has 1 fully saturated rings. The Bertz CT molecular complexity index is 213. The van der Waals surface area contributed by atoms with Crippen molar-refractivity contribution in [3.63, 3.8) is 0 Å². The zero-order valence-electron chi connectivity index (χ0n) is 7.95. The minimum atomic E-state index is 0.340. The second-order valence-corrected chi connectivity index (χ2v) is 4.03. The number of hydrogen-bond acceptors (Lipinski definition) is 3. The first-order valence-corrected chi connectivity index (χ1v) is 4.63. The molecule has 0 unspecified atom stereocenters. The molecule has 0 N–H and O–H groups in total. The fourth-order valence-electron chi connectivity index (χ4n) is 1.95. The first-order valence-electron chi connectivity index (χ1n) is 4.63. The molecule has 68 valence electrons. The molecule has 0 aromatic rings.